The summed E-state index contributed by atoms with van der Waals surface area (Å²) in [5.74, 6) is -2.83. The van der Waals surface area contributed by atoms with E-state index in [1.165, 1.54) is 6.92 Å². The highest BCUT2D eigenvalue weighted by Gasteiger charge is 2.45. The van der Waals surface area contributed by atoms with Crippen molar-refractivity contribution in [2.75, 3.05) is 13.7 Å². The Bertz CT molecular complexity index is 515. The topological polar surface area (TPSA) is 52.6 Å². The maximum absolute atomic E-state index is 13.6. The molecular formula is C13H15F5N2O2. The molecule has 0 aliphatic heterocycles. The zero-order valence-corrected chi connectivity index (χ0v) is 11.8. The molecule has 0 unspecified atom stereocenters. The van der Waals surface area contributed by atoms with Gasteiger partial charge in [-0.25, -0.2) is 13.6 Å². The fourth-order valence-electron chi connectivity index (χ4n) is 1.65. The van der Waals surface area contributed by atoms with Gasteiger partial charge in [-0.15, -0.1) is 0 Å². The number of amides is 2. The van der Waals surface area contributed by atoms with Crippen molar-refractivity contribution in [3.8, 4) is 0 Å². The van der Waals surface area contributed by atoms with Gasteiger partial charge in [-0.2, -0.15) is 13.2 Å². The molecule has 2 atom stereocenters. The van der Waals surface area contributed by atoms with E-state index in [4.69, 9.17) is 5.11 Å². The summed E-state index contributed by atoms with van der Waals surface area (Å²) in [7, 11) is 1.15. The smallest absolute Gasteiger partial charge is 0.394 e. The number of rotatable bonds is 4. The largest absolute Gasteiger partial charge is 0.413 e. The number of aliphatic hydroxyl groups is 1. The first kappa shape index (κ1) is 18.1. The van der Waals surface area contributed by atoms with E-state index >= 15 is 0 Å². The highest BCUT2D eigenvalue weighted by atomic mass is 19.4. The fraction of sp³-hybridized carbons (Fsp3) is 0.462. The second kappa shape index (κ2) is 6.91. The number of likely N-dealkylation sites (N-methyl/N-ethyl adjacent to an activating group) is 1. The summed E-state index contributed by atoms with van der Waals surface area (Å²) in [5.41, 5.74) is -1.28. The molecule has 1 rings (SSSR count). The van der Waals surface area contributed by atoms with Gasteiger partial charge in [-0.3, -0.25) is 0 Å². The Labute approximate surface area is 123 Å². The summed E-state index contributed by atoms with van der Waals surface area (Å²) < 4.78 is 66.3. The van der Waals surface area contributed by atoms with E-state index in [-0.39, 0.29) is 0 Å². The van der Waals surface area contributed by atoms with Gasteiger partial charge in [0.2, 0.25) is 0 Å². The summed E-state index contributed by atoms with van der Waals surface area (Å²) in [4.78, 5) is 12.6. The highest BCUT2D eigenvalue weighted by molar-refractivity contribution is 5.75. The molecule has 0 fully saturated rings. The number of alkyl halides is 3. The van der Waals surface area contributed by atoms with Crippen molar-refractivity contribution in [1.82, 2.24) is 10.2 Å². The Balaban J connectivity index is 3.14. The minimum atomic E-state index is -5.10. The number of halogens is 5. The van der Waals surface area contributed by atoms with Crippen LogP contribution in [0.4, 0.5) is 26.7 Å². The van der Waals surface area contributed by atoms with E-state index in [0.29, 0.717) is 12.1 Å². The van der Waals surface area contributed by atoms with Crippen molar-refractivity contribution in [1.29, 1.82) is 0 Å². The average Bonchev–Trinajstić information content (AvgIpc) is 2.43. The van der Waals surface area contributed by atoms with Crippen LogP contribution >= 0.6 is 0 Å². The van der Waals surface area contributed by atoms with E-state index in [1.807, 2.05) is 0 Å². The third kappa shape index (κ3) is 4.06. The van der Waals surface area contributed by atoms with Crippen LogP contribution in [0.1, 0.15) is 18.5 Å². The van der Waals surface area contributed by atoms with Crippen LogP contribution in [-0.2, 0) is 0 Å². The van der Waals surface area contributed by atoms with Crippen molar-refractivity contribution in [3.63, 3.8) is 0 Å². The molecule has 1 aromatic carbocycles. The maximum Gasteiger partial charge on any atom is 0.413 e. The molecule has 22 heavy (non-hydrogen) atoms. The molecule has 124 valence electrons. The molecule has 0 spiro atoms. The lowest BCUT2D eigenvalue weighted by Gasteiger charge is -2.28. The van der Waals surface area contributed by atoms with Crippen LogP contribution < -0.4 is 5.32 Å². The lowest BCUT2D eigenvalue weighted by Crippen LogP contribution is -2.48. The van der Waals surface area contributed by atoms with Gasteiger partial charge < -0.3 is 15.3 Å². The van der Waals surface area contributed by atoms with Gasteiger partial charge >= 0.3 is 12.2 Å². The van der Waals surface area contributed by atoms with Crippen molar-refractivity contribution in [2.45, 2.75) is 25.2 Å². The molecule has 0 aliphatic carbocycles. The molecule has 0 bridgehead atoms. The van der Waals surface area contributed by atoms with E-state index in [0.717, 1.165) is 18.0 Å². The van der Waals surface area contributed by atoms with E-state index in [1.54, 1.807) is 5.32 Å². The van der Waals surface area contributed by atoms with E-state index < -0.39 is 48.1 Å². The van der Waals surface area contributed by atoms with Gasteiger partial charge in [-0.05, 0) is 19.1 Å². The monoisotopic (exact) mass is 326 g/mol. The lowest BCUT2D eigenvalue weighted by molar-refractivity contribution is -0.156. The second-order valence-corrected chi connectivity index (χ2v) is 4.70. The lowest BCUT2D eigenvalue weighted by atomic mass is 10.1. The van der Waals surface area contributed by atoms with Gasteiger partial charge in [0.05, 0.1) is 18.2 Å². The van der Waals surface area contributed by atoms with E-state index in [9.17, 15) is 26.7 Å². The van der Waals surface area contributed by atoms with Gasteiger partial charge in [-0.1, -0.05) is 6.07 Å². The van der Waals surface area contributed by atoms with Crippen LogP contribution in [0.15, 0.2) is 18.2 Å². The number of urea groups is 1. The maximum atomic E-state index is 13.6. The third-order valence-corrected chi connectivity index (χ3v) is 3.13. The van der Waals surface area contributed by atoms with Crippen molar-refractivity contribution in [3.05, 3.63) is 35.4 Å². The Morgan fingerprint density at radius 3 is 2.23 bits per heavy atom. The summed E-state index contributed by atoms with van der Waals surface area (Å²) in [5, 5.41) is 10.4. The third-order valence-electron chi connectivity index (χ3n) is 3.13. The zero-order chi connectivity index (χ0) is 17.1. The van der Waals surface area contributed by atoms with Gasteiger partial charge in [0.1, 0.15) is 11.6 Å². The number of nitrogens with one attached hydrogen (secondary N) is 1. The molecule has 0 radical (unpaired) electrons. The highest BCUT2D eigenvalue weighted by Crippen LogP contribution is 2.35. The van der Waals surface area contributed by atoms with Crippen LogP contribution in [0, 0.1) is 11.6 Å². The normalized spacial score (nSPS) is 14.4. The summed E-state index contributed by atoms with van der Waals surface area (Å²) in [6.45, 7) is 0.917. The Kier molecular flexibility index (Phi) is 5.70. The molecular weight excluding hydrogens is 311 g/mol. The number of hydrogen-bond donors (Lipinski definition) is 2. The minimum absolute atomic E-state index is 0.478. The quantitative estimate of drug-likeness (QED) is 0.836. The summed E-state index contributed by atoms with van der Waals surface area (Å²) in [6, 6.07) is -2.56. The number of carbonyl (C=O) groups excluding carboxylic acids is 1. The first-order valence-electron chi connectivity index (χ1n) is 6.24. The first-order valence-corrected chi connectivity index (χ1v) is 6.24. The van der Waals surface area contributed by atoms with Gasteiger partial charge in [0.25, 0.3) is 0 Å². The summed E-state index contributed by atoms with van der Waals surface area (Å²) in [6.07, 6.45) is -5.10. The summed E-state index contributed by atoms with van der Waals surface area (Å²) >= 11 is 0. The number of nitrogens with zero attached hydrogens (tertiary/aromatic N) is 1. The first-order chi connectivity index (χ1) is 10.1. The van der Waals surface area contributed by atoms with Crippen molar-refractivity contribution in [2.24, 2.45) is 0 Å². The fourth-order valence-corrected chi connectivity index (χ4v) is 1.65. The molecule has 2 amide bonds. The standard InChI is InChI=1S/C13H15F5N2O2/c1-7(6-21)20(2)12(22)19-11(13(16,17)18)10-8(14)4-3-5-9(10)15/h3-5,7,11,21H,6H2,1-2H3,(H,19,22)/t7-,11+/m0/s1. The van der Waals surface area contributed by atoms with Gasteiger partial charge in [0, 0.05) is 7.05 Å². The predicted molar refractivity (Wildman–Crippen MR) is 68.0 cm³/mol. The molecule has 0 heterocycles. The average molecular weight is 326 g/mol. The van der Waals surface area contributed by atoms with Crippen molar-refractivity contribution >= 4 is 6.03 Å². The van der Waals surface area contributed by atoms with E-state index in [2.05, 4.69) is 0 Å². The Morgan fingerprint density at radius 1 is 1.32 bits per heavy atom. The molecule has 4 nitrogen and oxygen atoms in total. The van der Waals surface area contributed by atoms with Crippen LogP contribution in [0.2, 0.25) is 0 Å². The Hall–Kier alpha value is -1.90. The second-order valence-electron chi connectivity index (χ2n) is 4.70. The molecule has 2 N–H and O–H groups in total. The Morgan fingerprint density at radius 2 is 1.82 bits per heavy atom. The molecule has 0 saturated carbocycles. The molecule has 9 heteroatoms. The number of hydrogen-bond acceptors (Lipinski definition) is 2. The van der Waals surface area contributed by atoms with Gasteiger partial charge in [0.15, 0.2) is 6.04 Å². The number of benzene rings is 1. The number of carbonyl (C=O) groups is 1. The molecule has 0 saturated heterocycles. The number of aliphatic hydroxyl groups excluding tert-OH is 1. The molecule has 0 aromatic heterocycles. The predicted octanol–water partition coefficient (Wildman–Crippen LogP) is 2.59. The van der Waals surface area contributed by atoms with Crippen LogP contribution in [0.5, 0.6) is 0 Å². The zero-order valence-electron chi connectivity index (χ0n) is 11.8. The van der Waals surface area contributed by atoms with Crippen LogP contribution in [0.25, 0.3) is 0 Å². The van der Waals surface area contributed by atoms with Crippen LogP contribution in [0.3, 0.4) is 0 Å². The SMILES string of the molecule is C[C@@H](CO)N(C)C(=O)N[C@H](c1c(F)cccc1F)C(F)(F)F. The molecule has 1 aromatic rings. The van der Waals surface area contributed by atoms with Crippen LogP contribution in [-0.4, -0.2) is 41.9 Å². The van der Waals surface area contributed by atoms with Crippen molar-refractivity contribution < 1.29 is 31.9 Å². The molecule has 0 aliphatic rings. The minimum Gasteiger partial charge on any atom is -0.394 e.